The van der Waals surface area contributed by atoms with E-state index in [0.29, 0.717) is 36.4 Å². The van der Waals surface area contributed by atoms with E-state index in [4.69, 9.17) is 21.1 Å². The normalized spacial score (nSPS) is 29.6. The van der Waals surface area contributed by atoms with Crippen molar-refractivity contribution in [1.82, 2.24) is 4.90 Å². The zero-order chi connectivity index (χ0) is 29.9. The van der Waals surface area contributed by atoms with Crippen LogP contribution in [0.4, 0.5) is 5.69 Å². The molecule has 7 atom stereocenters. The number of rotatable bonds is 14. The Balaban J connectivity index is 1.78. The number of aliphatic hydroxyl groups excluding tert-OH is 1. The van der Waals surface area contributed by atoms with Gasteiger partial charge in [-0.2, -0.15) is 0 Å². The van der Waals surface area contributed by atoms with E-state index in [9.17, 15) is 19.5 Å². The Hall–Kier alpha value is -2.68. The predicted octanol–water partition coefficient (Wildman–Crippen LogP) is 4.93. The molecule has 2 amide bonds. The number of carbonyl (C=O) groups is 3. The molecule has 9 heteroatoms. The molecule has 41 heavy (non-hydrogen) atoms. The van der Waals surface area contributed by atoms with Crippen LogP contribution in [0.15, 0.2) is 49.6 Å². The Labute approximate surface area is 248 Å². The first kappa shape index (κ1) is 31.3. The second kappa shape index (κ2) is 12.7. The number of ether oxygens (including phenoxy) is 2. The number of para-hydroxylation sites is 1. The van der Waals surface area contributed by atoms with Gasteiger partial charge in [-0.1, -0.05) is 56.2 Å². The summed E-state index contributed by atoms with van der Waals surface area (Å²) in [5, 5.41) is 10.9. The van der Waals surface area contributed by atoms with Crippen LogP contribution in [0, 0.1) is 17.8 Å². The minimum atomic E-state index is -1.24. The maximum absolute atomic E-state index is 14.7. The van der Waals surface area contributed by atoms with Gasteiger partial charge in [0.15, 0.2) is 0 Å². The Morgan fingerprint density at radius 3 is 2.63 bits per heavy atom. The molecule has 3 aliphatic heterocycles. The number of aliphatic hydroxyl groups is 1. The van der Waals surface area contributed by atoms with E-state index < -0.39 is 41.1 Å². The quantitative estimate of drug-likeness (QED) is 0.189. The number of unbranched alkanes of at least 4 members (excludes halogenated alkanes) is 2. The number of halogens is 1. The number of nitrogens with zero attached hydrogens (tertiary/aromatic N) is 2. The van der Waals surface area contributed by atoms with Crippen molar-refractivity contribution in [1.29, 1.82) is 0 Å². The molecule has 1 spiro atoms. The minimum Gasteiger partial charge on any atom is -0.465 e. The van der Waals surface area contributed by atoms with Crippen molar-refractivity contribution in [3.63, 3.8) is 0 Å². The topological polar surface area (TPSA) is 96.4 Å². The third-order valence-corrected chi connectivity index (χ3v) is 9.63. The number of amides is 2. The minimum absolute atomic E-state index is 0.106. The van der Waals surface area contributed by atoms with Gasteiger partial charge in [0.25, 0.3) is 5.91 Å². The highest BCUT2D eigenvalue weighted by atomic mass is 35.5. The van der Waals surface area contributed by atoms with Crippen LogP contribution in [-0.4, -0.2) is 70.8 Å². The Morgan fingerprint density at radius 2 is 2.00 bits per heavy atom. The van der Waals surface area contributed by atoms with Crippen LogP contribution < -0.4 is 4.90 Å². The fourth-order valence-electron chi connectivity index (χ4n) is 7.08. The van der Waals surface area contributed by atoms with Crippen molar-refractivity contribution in [2.45, 2.75) is 82.6 Å². The van der Waals surface area contributed by atoms with E-state index in [1.807, 2.05) is 26.8 Å². The highest BCUT2D eigenvalue weighted by Crippen LogP contribution is 2.64. The van der Waals surface area contributed by atoms with Crippen molar-refractivity contribution in [2.24, 2.45) is 17.8 Å². The average molecular weight is 587 g/mol. The Morgan fingerprint density at radius 1 is 1.27 bits per heavy atom. The number of hydrogen-bond donors (Lipinski definition) is 1. The van der Waals surface area contributed by atoms with Gasteiger partial charge >= 0.3 is 5.97 Å². The van der Waals surface area contributed by atoms with Gasteiger partial charge < -0.3 is 24.4 Å². The molecule has 1 aromatic carbocycles. The molecular weight excluding hydrogens is 544 g/mol. The van der Waals surface area contributed by atoms with Crippen molar-refractivity contribution < 1.29 is 29.0 Å². The molecule has 1 N–H and O–H groups in total. The maximum Gasteiger partial charge on any atom is 0.312 e. The van der Waals surface area contributed by atoms with Gasteiger partial charge in [0, 0.05) is 6.54 Å². The number of benzene rings is 1. The third kappa shape index (κ3) is 5.35. The van der Waals surface area contributed by atoms with Crippen molar-refractivity contribution >= 4 is 35.1 Å². The largest absolute Gasteiger partial charge is 0.465 e. The molecular formula is C32H43ClN2O6. The summed E-state index contributed by atoms with van der Waals surface area (Å²) in [7, 11) is 0. The van der Waals surface area contributed by atoms with E-state index in [-0.39, 0.29) is 37.5 Å². The summed E-state index contributed by atoms with van der Waals surface area (Å²) < 4.78 is 12.4. The molecule has 224 valence electrons. The van der Waals surface area contributed by atoms with Gasteiger partial charge in [-0.25, -0.2) is 0 Å². The summed E-state index contributed by atoms with van der Waals surface area (Å²) in [6.45, 7) is 13.4. The first-order valence-corrected chi connectivity index (χ1v) is 15.1. The van der Waals surface area contributed by atoms with Crippen LogP contribution in [0.3, 0.4) is 0 Å². The van der Waals surface area contributed by atoms with Crippen LogP contribution >= 0.6 is 11.6 Å². The fourth-order valence-corrected chi connectivity index (χ4v) is 7.32. The maximum atomic E-state index is 14.7. The fraction of sp³-hybridized carbons (Fsp3) is 0.594. The van der Waals surface area contributed by atoms with E-state index in [1.54, 1.807) is 30.3 Å². The van der Waals surface area contributed by atoms with E-state index in [2.05, 4.69) is 13.2 Å². The number of carbonyl (C=O) groups excluding carboxylic acids is 3. The van der Waals surface area contributed by atoms with Gasteiger partial charge in [0.2, 0.25) is 5.91 Å². The molecule has 4 rings (SSSR count). The molecule has 0 aliphatic carbocycles. The molecule has 0 radical (unpaired) electrons. The zero-order valence-corrected chi connectivity index (χ0v) is 25.1. The van der Waals surface area contributed by atoms with Gasteiger partial charge in [0.05, 0.1) is 41.5 Å². The Bertz CT molecular complexity index is 1170. The van der Waals surface area contributed by atoms with Crippen molar-refractivity contribution in [2.75, 3.05) is 24.7 Å². The lowest BCUT2D eigenvalue weighted by atomic mass is 9.66. The van der Waals surface area contributed by atoms with Crippen LogP contribution in [0.1, 0.15) is 59.3 Å². The van der Waals surface area contributed by atoms with E-state index >= 15 is 0 Å². The Kier molecular flexibility index (Phi) is 9.66. The number of likely N-dealkylation sites (tertiary alicyclic amines) is 1. The van der Waals surface area contributed by atoms with E-state index in [0.717, 1.165) is 12.8 Å². The summed E-state index contributed by atoms with van der Waals surface area (Å²) in [5.74, 6) is -3.06. The number of allylic oxidation sites excluding steroid dienone is 1. The molecule has 3 saturated heterocycles. The highest BCUT2D eigenvalue weighted by Gasteiger charge is 2.79. The predicted molar refractivity (Wildman–Crippen MR) is 158 cm³/mol. The summed E-state index contributed by atoms with van der Waals surface area (Å²) in [5.41, 5.74) is -1.69. The summed E-state index contributed by atoms with van der Waals surface area (Å²) in [6.07, 6.45) is 7.42. The molecule has 2 bridgehead atoms. The molecule has 8 nitrogen and oxygen atoms in total. The highest BCUT2D eigenvalue weighted by molar-refractivity contribution is 6.34. The number of hydrogen-bond acceptors (Lipinski definition) is 6. The monoisotopic (exact) mass is 586 g/mol. The standard InChI is InChI=1S/C32H43ClN2O6/c1-6-9-10-13-19-40-30(39)26-25-28(37)35(24(20-36)21(4)8-3)27(32(25)17-16-31(26,5)41-32)29(38)34(18-7-2)23-15-12-11-14-22(23)33/h6-7,11-12,14-15,21,24-27,36H,1-2,8-10,13,16-20H2,3-5H3/t21-,24-,25-,26-,27?,31+,32?/m0/s1. The second-order valence-corrected chi connectivity index (χ2v) is 12.2. The van der Waals surface area contributed by atoms with Crippen molar-refractivity contribution in [3.8, 4) is 0 Å². The van der Waals surface area contributed by atoms with Gasteiger partial charge in [-0.05, 0) is 57.1 Å². The van der Waals surface area contributed by atoms with Crippen molar-refractivity contribution in [3.05, 3.63) is 54.6 Å². The third-order valence-electron chi connectivity index (χ3n) is 9.32. The summed E-state index contributed by atoms with van der Waals surface area (Å²) in [4.78, 5) is 45.8. The number of anilines is 1. The van der Waals surface area contributed by atoms with Crippen LogP contribution in [-0.2, 0) is 23.9 Å². The number of fused-ring (bicyclic) bond motifs is 1. The average Bonchev–Trinajstić information content (AvgIpc) is 3.53. The van der Waals surface area contributed by atoms with Crippen LogP contribution in [0.5, 0.6) is 0 Å². The molecule has 0 saturated carbocycles. The summed E-state index contributed by atoms with van der Waals surface area (Å²) >= 11 is 6.54. The first-order chi connectivity index (χ1) is 19.6. The first-order valence-electron chi connectivity index (χ1n) is 14.7. The molecule has 1 aromatic rings. The molecule has 3 aliphatic rings. The molecule has 0 aromatic heterocycles. The zero-order valence-electron chi connectivity index (χ0n) is 24.4. The SMILES string of the molecule is C=CCCCCOC(=O)[C@@H]1[C@H]2C(=O)N([C@@H](CO)[C@@H](C)CC)C(C(=O)N(CC=C)c3ccccc3Cl)C23CC[C@@]1(C)O3. The van der Waals surface area contributed by atoms with Gasteiger partial charge in [0.1, 0.15) is 17.6 Å². The lowest BCUT2D eigenvalue weighted by Crippen LogP contribution is -2.60. The molecule has 3 fully saturated rings. The van der Waals surface area contributed by atoms with Crippen LogP contribution in [0.2, 0.25) is 5.02 Å². The number of esters is 1. The molecule has 3 heterocycles. The second-order valence-electron chi connectivity index (χ2n) is 11.7. The lowest BCUT2D eigenvalue weighted by molar-refractivity contribution is -0.161. The van der Waals surface area contributed by atoms with Gasteiger partial charge in [-0.15, -0.1) is 13.2 Å². The smallest absolute Gasteiger partial charge is 0.312 e. The summed E-state index contributed by atoms with van der Waals surface area (Å²) in [6, 6.07) is 5.33. The van der Waals surface area contributed by atoms with Gasteiger partial charge in [-0.3, -0.25) is 14.4 Å². The molecule has 2 unspecified atom stereocenters. The van der Waals surface area contributed by atoms with E-state index in [1.165, 1.54) is 9.80 Å². The lowest BCUT2D eigenvalue weighted by Gasteiger charge is -2.41. The van der Waals surface area contributed by atoms with Crippen LogP contribution in [0.25, 0.3) is 0 Å².